The molecule has 2 aromatic carbocycles. The predicted octanol–water partition coefficient (Wildman–Crippen LogP) is 5.43. The van der Waals surface area contributed by atoms with E-state index >= 15 is 0 Å². The zero-order chi connectivity index (χ0) is 14.7. The summed E-state index contributed by atoms with van der Waals surface area (Å²) in [7, 11) is 0. The van der Waals surface area contributed by atoms with E-state index in [9.17, 15) is 4.79 Å². The average molecular weight is 330 g/mol. The lowest BCUT2D eigenvalue weighted by molar-refractivity contribution is 0.101. The second-order valence-electron chi connectivity index (χ2n) is 4.23. The van der Waals surface area contributed by atoms with Crippen molar-refractivity contribution in [2.75, 3.05) is 0 Å². The molecule has 0 aliphatic heterocycles. The van der Waals surface area contributed by atoms with Gasteiger partial charge in [0.05, 0.1) is 15.6 Å². The Kier molecular flexibility index (Phi) is 4.92. The smallest absolute Gasteiger partial charge is 0.163 e. The molecule has 0 fully saturated rings. The second kappa shape index (κ2) is 6.49. The Bertz CT molecular complexity index is 654. The molecule has 0 aliphatic rings. The molecule has 0 heterocycles. The zero-order valence-electron chi connectivity index (χ0n) is 10.6. The van der Waals surface area contributed by atoms with Gasteiger partial charge >= 0.3 is 0 Å². The summed E-state index contributed by atoms with van der Waals surface area (Å²) >= 11 is 17.7. The molecule has 0 aliphatic carbocycles. The van der Waals surface area contributed by atoms with Crippen molar-refractivity contribution in [2.24, 2.45) is 0 Å². The van der Waals surface area contributed by atoms with Crippen LogP contribution in [0.2, 0.25) is 15.1 Å². The summed E-state index contributed by atoms with van der Waals surface area (Å²) in [6.45, 7) is 1.76. The van der Waals surface area contributed by atoms with Crippen LogP contribution in [-0.4, -0.2) is 5.78 Å². The fourth-order valence-corrected chi connectivity index (χ4v) is 2.19. The van der Waals surface area contributed by atoms with Gasteiger partial charge in [0.25, 0.3) is 0 Å². The summed E-state index contributed by atoms with van der Waals surface area (Å²) in [5.74, 6) is 0.393. The molecular formula is C15H11Cl3O2. The molecule has 2 aromatic rings. The van der Waals surface area contributed by atoms with Crippen molar-refractivity contribution >= 4 is 40.6 Å². The maximum absolute atomic E-state index is 11.6. The van der Waals surface area contributed by atoms with E-state index in [0.717, 1.165) is 5.56 Å². The number of ether oxygens (including phenoxy) is 1. The molecule has 0 amide bonds. The van der Waals surface area contributed by atoms with Gasteiger partial charge in [-0.05, 0) is 42.8 Å². The maximum atomic E-state index is 11.6. The van der Waals surface area contributed by atoms with Crippen LogP contribution >= 0.6 is 34.8 Å². The van der Waals surface area contributed by atoms with Gasteiger partial charge in [-0.15, -0.1) is 0 Å². The Labute approximate surface area is 132 Å². The van der Waals surface area contributed by atoms with Crippen LogP contribution in [-0.2, 0) is 6.61 Å². The van der Waals surface area contributed by atoms with Gasteiger partial charge in [-0.1, -0.05) is 40.9 Å². The van der Waals surface area contributed by atoms with Crippen LogP contribution in [0.15, 0.2) is 36.4 Å². The number of hydrogen-bond acceptors (Lipinski definition) is 2. The number of carbonyl (C=O) groups is 1. The van der Waals surface area contributed by atoms with Crippen LogP contribution in [0.4, 0.5) is 0 Å². The van der Waals surface area contributed by atoms with E-state index in [0.29, 0.717) is 33.0 Å². The number of hydrogen-bond donors (Lipinski definition) is 0. The highest BCUT2D eigenvalue weighted by molar-refractivity contribution is 6.42. The van der Waals surface area contributed by atoms with Gasteiger partial charge in [0, 0.05) is 5.02 Å². The molecule has 2 nitrogen and oxygen atoms in total. The molecule has 5 heteroatoms. The van der Waals surface area contributed by atoms with Gasteiger partial charge in [-0.2, -0.15) is 0 Å². The number of benzene rings is 2. The highest BCUT2D eigenvalue weighted by atomic mass is 35.5. The molecule has 0 N–H and O–H groups in total. The van der Waals surface area contributed by atoms with Crippen LogP contribution in [0.1, 0.15) is 22.8 Å². The lowest BCUT2D eigenvalue weighted by atomic mass is 10.1. The molecule has 0 radical (unpaired) electrons. The molecule has 20 heavy (non-hydrogen) atoms. The first-order valence-electron chi connectivity index (χ1n) is 5.84. The Morgan fingerprint density at radius 1 is 1.05 bits per heavy atom. The number of rotatable bonds is 4. The molecule has 0 bridgehead atoms. The van der Waals surface area contributed by atoms with E-state index in [1.54, 1.807) is 30.3 Å². The fraction of sp³-hybridized carbons (Fsp3) is 0.133. The minimum atomic E-state index is -0.100. The first kappa shape index (κ1) is 15.2. The molecule has 0 spiro atoms. The number of Topliss-reactive ketones (excluding diaryl/α,β-unsaturated/α-hetero) is 1. The third-order valence-electron chi connectivity index (χ3n) is 2.70. The summed E-state index contributed by atoms with van der Waals surface area (Å²) in [5.41, 5.74) is 1.32. The number of halogens is 3. The van der Waals surface area contributed by atoms with Crippen LogP contribution in [0.25, 0.3) is 0 Å². The van der Waals surface area contributed by atoms with Crippen molar-refractivity contribution in [1.82, 2.24) is 0 Å². The molecular weight excluding hydrogens is 319 g/mol. The third-order valence-corrected chi connectivity index (χ3v) is 3.67. The van der Waals surface area contributed by atoms with Crippen molar-refractivity contribution in [1.29, 1.82) is 0 Å². The molecule has 0 unspecified atom stereocenters. The molecule has 0 aromatic heterocycles. The summed E-state index contributed by atoms with van der Waals surface area (Å²) in [4.78, 5) is 11.6. The minimum Gasteiger partial charge on any atom is -0.488 e. The van der Waals surface area contributed by atoms with Crippen LogP contribution < -0.4 is 4.74 Å². The zero-order valence-corrected chi connectivity index (χ0v) is 12.9. The van der Waals surface area contributed by atoms with E-state index in [-0.39, 0.29) is 5.78 Å². The summed E-state index contributed by atoms with van der Waals surface area (Å²) < 4.78 is 5.65. The fourth-order valence-electron chi connectivity index (χ4n) is 1.69. The minimum absolute atomic E-state index is 0.100. The molecule has 2 rings (SSSR count). The Morgan fingerprint density at radius 3 is 2.45 bits per heavy atom. The van der Waals surface area contributed by atoms with E-state index in [2.05, 4.69) is 0 Å². The predicted molar refractivity (Wildman–Crippen MR) is 82.3 cm³/mol. The lowest BCUT2D eigenvalue weighted by Crippen LogP contribution is -2.01. The summed E-state index contributed by atoms with van der Waals surface area (Å²) in [6, 6.07) is 10.2. The monoisotopic (exact) mass is 328 g/mol. The second-order valence-corrected chi connectivity index (χ2v) is 5.48. The Morgan fingerprint density at radius 2 is 1.80 bits per heavy atom. The van der Waals surface area contributed by atoms with Gasteiger partial charge in [-0.3, -0.25) is 4.79 Å². The Balaban J connectivity index is 2.18. The van der Waals surface area contributed by atoms with Crippen molar-refractivity contribution < 1.29 is 9.53 Å². The summed E-state index contributed by atoms with van der Waals surface area (Å²) in [6.07, 6.45) is 0. The van der Waals surface area contributed by atoms with Crippen LogP contribution in [0, 0.1) is 0 Å². The molecule has 0 saturated carbocycles. The summed E-state index contributed by atoms with van der Waals surface area (Å²) in [5, 5.41) is 1.46. The van der Waals surface area contributed by atoms with Crippen molar-refractivity contribution in [2.45, 2.75) is 13.5 Å². The van der Waals surface area contributed by atoms with Gasteiger partial charge in [-0.25, -0.2) is 0 Å². The van der Waals surface area contributed by atoms with E-state index in [4.69, 9.17) is 39.5 Å². The van der Waals surface area contributed by atoms with Gasteiger partial charge < -0.3 is 4.74 Å². The van der Waals surface area contributed by atoms with E-state index < -0.39 is 0 Å². The quantitative estimate of drug-likeness (QED) is 0.699. The standard InChI is InChI=1S/C15H11Cl3O2/c1-9(19)12-7-11(16)3-5-15(12)20-8-10-2-4-13(17)14(18)6-10/h2-7H,8H2,1H3. The van der Waals surface area contributed by atoms with Crippen LogP contribution in [0.5, 0.6) is 5.75 Å². The Hall–Kier alpha value is -1.22. The van der Waals surface area contributed by atoms with Gasteiger partial charge in [0.1, 0.15) is 12.4 Å². The largest absolute Gasteiger partial charge is 0.488 e. The average Bonchev–Trinajstić information content (AvgIpc) is 2.41. The first-order chi connectivity index (χ1) is 9.47. The first-order valence-corrected chi connectivity index (χ1v) is 6.98. The third kappa shape index (κ3) is 3.66. The molecule has 0 atom stereocenters. The highest BCUT2D eigenvalue weighted by Gasteiger charge is 2.10. The SMILES string of the molecule is CC(=O)c1cc(Cl)ccc1OCc1ccc(Cl)c(Cl)c1. The van der Waals surface area contributed by atoms with Crippen LogP contribution in [0.3, 0.4) is 0 Å². The molecule has 0 saturated heterocycles. The number of ketones is 1. The lowest BCUT2D eigenvalue weighted by Gasteiger charge is -2.10. The van der Waals surface area contributed by atoms with Gasteiger partial charge in [0.15, 0.2) is 5.78 Å². The van der Waals surface area contributed by atoms with Crippen molar-refractivity contribution in [3.8, 4) is 5.75 Å². The normalized spacial score (nSPS) is 10.4. The maximum Gasteiger partial charge on any atom is 0.163 e. The van der Waals surface area contributed by atoms with Gasteiger partial charge in [0.2, 0.25) is 0 Å². The van der Waals surface area contributed by atoms with E-state index in [1.807, 2.05) is 6.07 Å². The molecule has 104 valence electrons. The van der Waals surface area contributed by atoms with Crippen molar-refractivity contribution in [3.63, 3.8) is 0 Å². The topological polar surface area (TPSA) is 26.3 Å². The van der Waals surface area contributed by atoms with E-state index in [1.165, 1.54) is 6.92 Å². The number of carbonyl (C=O) groups excluding carboxylic acids is 1. The van der Waals surface area contributed by atoms with Crippen molar-refractivity contribution in [3.05, 3.63) is 62.6 Å². The highest BCUT2D eigenvalue weighted by Crippen LogP contribution is 2.26.